The summed E-state index contributed by atoms with van der Waals surface area (Å²) in [6.07, 6.45) is -2.79. The topological polar surface area (TPSA) is 42.3 Å². The van der Waals surface area contributed by atoms with Crippen molar-refractivity contribution < 1.29 is 17.6 Å². The molecular formula is C25H24F4N4. The number of fused-ring (bicyclic) bond motifs is 1. The summed E-state index contributed by atoms with van der Waals surface area (Å²) in [6.45, 7) is 9.55. The maximum atomic E-state index is 15.2. The van der Waals surface area contributed by atoms with E-state index in [4.69, 9.17) is 0 Å². The molecule has 8 heteroatoms. The molecule has 1 fully saturated rings. The number of anilines is 2. The molecule has 2 aromatic rings. The van der Waals surface area contributed by atoms with E-state index in [-0.39, 0.29) is 24.2 Å². The number of benzene rings is 2. The van der Waals surface area contributed by atoms with Crippen LogP contribution in [0.25, 0.3) is 5.57 Å². The summed E-state index contributed by atoms with van der Waals surface area (Å²) in [4.78, 5) is 3.76. The van der Waals surface area contributed by atoms with E-state index in [0.29, 0.717) is 41.2 Å². The van der Waals surface area contributed by atoms with Crippen LogP contribution < -0.4 is 15.1 Å². The number of piperazine rings is 1. The third-order valence-electron chi connectivity index (χ3n) is 5.96. The Morgan fingerprint density at radius 3 is 2.30 bits per heavy atom. The van der Waals surface area contributed by atoms with Crippen LogP contribution in [0.5, 0.6) is 0 Å². The Bertz CT molecular complexity index is 1130. The smallest absolute Gasteiger partial charge is 0.366 e. The van der Waals surface area contributed by atoms with Crippen molar-refractivity contribution in [1.29, 1.82) is 5.26 Å². The second-order valence-corrected chi connectivity index (χ2v) is 8.65. The first-order valence-electron chi connectivity index (χ1n) is 10.7. The maximum Gasteiger partial charge on any atom is 0.416 e. The second-order valence-electron chi connectivity index (χ2n) is 8.65. The van der Waals surface area contributed by atoms with E-state index in [2.05, 4.69) is 18.0 Å². The standard InChI is InChI=1S/C25H24F4N4/c1-15-11-32(12-16(2)31-15)24-9-23-21(8-22(24)26)17(3)19(10-30)14-33(23)13-18-4-6-20(7-5-18)25(27,28)29/h4-9,14-16,31H,3,11-13H2,1-2H3/t15-,16+. The van der Waals surface area contributed by atoms with Gasteiger partial charge in [0.2, 0.25) is 0 Å². The van der Waals surface area contributed by atoms with E-state index >= 15 is 4.39 Å². The lowest BCUT2D eigenvalue weighted by atomic mass is 9.93. The van der Waals surface area contributed by atoms with Gasteiger partial charge in [-0.1, -0.05) is 18.7 Å². The number of nitrogens with zero attached hydrogens (tertiary/aromatic N) is 3. The van der Waals surface area contributed by atoms with Crippen LogP contribution >= 0.6 is 0 Å². The van der Waals surface area contributed by atoms with Crippen molar-refractivity contribution in [3.8, 4) is 6.07 Å². The molecule has 1 N–H and O–H groups in total. The quantitative estimate of drug-likeness (QED) is 0.622. The highest BCUT2D eigenvalue weighted by atomic mass is 19.4. The number of nitriles is 1. The molecule has 2 heterocycles. The van der Waals surface area contributed by atoms with Crippen molar-refractivity contribution in [1.82, 2.24) is 5.32 Å². The molecule has 0 bridgehead atoms. The monoisotopic (exact) mass is 456 g/mol. The van der Waals surface area contributed by atoms with Gasteiger partial charge in [-0.25, -0.2) is 4.39 Å². The molecule has 4 nitrogen and oxygen atoms in total. The van der Waals surface area contributed by atoms with Crippen LogP contribution in [-0.4, -0.2) is 25.2 Å². The van der Waals surface area contributed by atoms with Crippen molar-refractivity contribution in [2.75, 3.05) is 22.9 Å². The third-order valence-corrected chi connectivity index (χ3v) is 5.96. The van der Waals surface area contributed by atoms with Gasteiger partial charge in [-0.3, -0.25) is 0 Å². The van der Waals surface area contributed by atoms with Crippen LogP contribution in [0.3, 0.4) is 0 Å². The SMILES string of the molecule is C=C1C(C#N)=CN(Cc2ccc(C(F)(F)F)cc2)c2cc(N3C[C@@H](C)N[C@@H](C)C3)c(F)cc21. The van der Waals surface area contributed by atoms with Gasteiger partial charge < -0.3 is 15.1 Å². The van der Waals surface area contributed by atoms with Gasteiger partial charge in [0.15, 0.2) is 0 Å². The molecule has 0 aliphatic carbocycles. The normalized spacial score (nSPS) is 20.9. The molecule has 0 unspecified atom stereocenters. The molecule has 0 aromatic heterocycles. The number of hydrogen-bond acceptors (Lipinski definition) is 4. The molecule has 0 amide bonds. The molecule has 2 aromatic carbocycles. The number of allylic oxidation sites excluding steroid dienone is 2. The van der Waals surface area contributed by atoms with E-state index in [1.165, 1.54) is 18.2 Å². The fourth-order valence-electron chi connectivity index (χ4n) is 4.47. The van der Waals surface area contributed by atoms with Gasteiger partial charge in [0.1, 0.15) is 11.9 Å². The average molecular weight is 456 g/mol. The van der Waals surface area contributed by atoms with Crippen LogP contribution in [-0.2, 0) is 12.7 Å². The number of nitrogens with one attached hydrogen (secondary N) is 1. The zero-order chi connectivity index (χ0) is 23.9. The lowest BCUT2D eigenvalue weighted by Gasteiger charge is -2.39. The van der Waals surface area contributed by atoms with Gasteiger partial charge in [0.05, 0.1) is 22.5 Å². The molecule has 2 aliphatic heterocycles. The highest BCUT2D eigenvalue weighted by molar-refractivity contribution is 5.92. The Kier molecular flexibility index (Phi) is 5.93. The summed E-state index contributed by atoms with van der Waals surface area (Å²) in [6, 6.07) is 10.5. The summed E-state index contributed by atoms with van der Waals surface area (Å²) in [5.74, 6) is -0.398. The first-order chi connectivity index (χ1) is 15.6. The summed E-state index contributed by atoms with van der Waals surface area (Å²) in [5, 5.41) is 13.0. The average Bonchev–Trinajstić information content (AvgIpc) is 2.74. The number of hydrogen-bond donors (Lipinski definition) is 1. The van der Waals surface area contributed by atoms with E-state index in [1.807, 2.05) is 18.7 Å². The maximum absolute atomic E-state index is 15.2. The van der Waals surface area contributed by atoms with Crippen molar-refractivity contribution in [3.05, 3.63) is 77.3 Å². The van der Waals surface area contributed by atoms with E-state index in [1.54, 1.807) is 17.2 Å². The van der Waals surface area contributed by atoms with Crippen LogP contribution in [0, 0.1) is 17.1 Å². The van der Waals surface area contributed by atoms with Gasteiger partial charge >= 0.3 is 6.18 Å². The van der Waals surface area contributed by atoms with Crippen LogP contribution in [0.1, 0.15) is 30.5 Å². The molecule has 0 spiro atoms. The first-order valence-corrected chi connectivity index (χ1v) is 10.7. The summed E-state index contributed by atoms with van der Waals surface area (Å²) < 4.78 is 54.0. The zero-order valence-electron chi connectivity index (χ0n) is 18.4. The molecule has 0 radical (unpaired) electrons. The molecule has 172 valence electrons. The fourth-order valence-corrected chi connectivity index (χ4v) is 4.47. The number of rotatable bonds is 3. The van der Waals surface area contributed by atoms with Crippen LogP contribution in [0.2, 0.25) is 0 Å². The second kappa shape index (κ2) is 8.56. The van der Waals surface area contributed by atoms with E-state index in [9.17, 15) is 18.4 Å². The Hall–Kier alpha value is -3.31. The number of halogens is 4. The fraction of sp³-hybridized carbons (Fsp3) is 0.320. The Morgan fingerprint density at radius 1 is 1.09 bits per heavy atom. The summed E-state index contributed by atoms with van der Waals surface area (Å²) in [5.41, 5.74) is 2.22. The van der Waals surface area contributed by atoms with E-state index < -0.39 is 17.6 Å². The minimum absolute atomic E-state index is 0.187. The molecule has 1 saturated heterocycles. The van der Waals surface area contributed by atoms with Gasteiger partial charge in [0, 0.05) is 43.5 Å². The van der Waals surface area contributed by atoms with Crippen LogP contribution in [0.4, 0.5) is 28.9 Å². The minimum atomic E-state index is -4.41. The predicted molar refractivity (Wildman–Crippen MR) is 121 cm³/mol. The Labute approximate surface area is 190 Å². The third kappa shape index (κ3) is 4.60. The highest BCUT2D eigenvalue weighted by Gasteiger charge is 2.31. The molecule has 2 atom stereocenters. The van der Waals surface area contributed by atoms with Crippen molar-refractivity contribution in [2.45, 2.75) is 38.7 Å². The first kappa shape index (κ1) is 22.9. The summed E-state index contributed by atoms with van der Waals surface area (Å²) >= 11 is 0. The van der Waals surface area contributed by atoms with Crippen molar-refractivity contribution >= 4 is 16.9 Å². The van der Waals surface area contributed by atoms with Gasteiger partial charge in [-0.05, 0) is 49.2 Å². The van der Waals surface area contributed by atoms with Gasteiger partial charge in [0.25, 0.3) is 0 Å². The Morgan fingerprint density at radius 2 is 1.73 bits per heavy atom. The van der Waals surface area contributed by atoms with Gasteiger partial charge in [-0.15, -0.1) is 0 Å². The van der Waals surface area contributed by atoms with E-state index in [0.717, 1.165) is 12.1 Å². The molecular weight excluding hydrogens is 432 g/mol. The van der Waals surface area contributed by atoms with Gasteiger partial charge in [-0.2, -0.15) is 18.4 Å². The van der Waals surface area contributed by atoms with Crippen LogP contribution in [0.15, 0.2) is 54.8 Å². The molecule has 4 rings (SSSR count). The number of alkyl halides is 3. The van der Waals surface area contributed by atoms with Crippen molar-refractivity contribution in [2.24, 2.45) is 0 Å². The summed E-state index contributed by atoms with van der Waals surface area (Å²) in [7, 11) is 0. The van der Waals surface area contributed by atoms with Crippen molar-refractivity contribution in [3.63, 3.8) is 0 Å². The molecule has 2 aliphatic rings. The lowest BCUT2D eigenvalue weighted by Crippen LogP contribution is -2.54. The minimum Gasteiger partial charge on any atom is -0.366 e. The highest BCUT2D eigenvalue weighted by Crippen LogP contribution is 2.41. The zero-order valence-corrected chi connectivity index (χ0v) is 18.4. The predicted octanol–water partition coefficient (Wildman–Crippen LogP) is 5.47. The largest absolute Gasteiger partial charge is 0.416 e. The Balaban J connectivity index is 1.72. The molecule has 33 heavy (non-hydrogen) atoms. The lowest BCUT2D eigenvalue weighted by molar-refractivity contribution is -0.137. The molecule has 0 saturated carbocycles.